The Morgan fingerprint density at radius 3 is 2.57 bits per heavy atom. The lowest BCUT2D eigenvalue weighted by Crippen LogP contribution is -2.24. The molecular formula is C18H17BrN2O2. The number of nitrogens with zero attached hydrogens (tertiary/aromatic N) is 2. The van der Waals surface area contributed by atoms with Crippen LogP contribution in [0.4, 0.5) is 0 Å². The van der Waals surface area contributed by atoms with Crippen LogP contribution in [0.15, 0.2) is 58.1 Å². The summed E-state index contributed by atoms with van der Waals surface area (Å²) in [6.45, 7) is 1.54. The van der Waals surface area contributed by atoms with E-state index in [0.717, 1.165) is 27.1 Å². The van der Waals surface area contributed by atoms with Gasteiger partial charge in [-0.2, -0.15) is 5.10 Å². The van der Waals surface area contributed by atoms with Gasteiger partial charge in [0.1, 0.15) is 5.75 Å². The lowest BCUT2D eigenvalue weighted by Gasteiger charge is -2.22. The average molecular weight is 373 g/mol. The van der Waals surface area contributed by atoms with Crippen LogP contribution >= 0.6 is 15.9 Å². The fraction of sp³-hybridized carbons (Fsp3) is 0.222. The van der Waals surface area contributed by atoms with E-state index >= 15 is 0 Å². The van der Waals surface area contributed by atoms with Gasteiger partial charge in [0.05, 0.1) is 18.9 Å². The van der Waals surface area contributed by atoms with Crippen molar-refractivity contribution < 1.29 is 9.53 Å². The van der Waals surface area contributed by atoms with Gasteiger partial charge in [-0.1, -0.05) is 46.3 Å². The highest BCUT2D eigenvalue weighted by Crippen LogP contribution is 2.37. The summed E-state index contributed by atoms with van der Waals surface area (Å²) in [7, 11) is 1.64. The Labute approximate surface area is 143 Å². The highest BCUT2D eigenvalue weighted by Gasteiger charge is 2.33. The fourth-order valence-electron chi connectivity index (χ4n) is 2.80. The molecule has 23 heavy (non-hydrogen) atoms. The van der Waals surface area contributed by atoms with E-state index in [9.17, 15) is 4.79 Å². The summed E-state index contributed by atoms with van der Waals surface area (Å²) in [4.78, 5) is 12.0. The summed E-state index contributed by atoms with van der Waals surface area (Å²) in [5.41, 5.74) is 2.90. The molecular weight excluding hydrogens is 356 g/mol. The Morgan fingerprint density at radius 1 is 1.22 bits per heavy atom. The van der Waals surface area contributed by atoms with Crippen LogP contribution in [-0.2, 0) is 4.79 Å². The molecule has 1 atom stereocenters. The van der Waals surface area contributed by atoms with Crippen molar-refractivity contribution in [2.45, 2.75) is 19.4 Å². The molecule has 1 aliphatic heterocycles. The van der Waals surface area contributed by atoms with Gasteiger partial charge < -0.3 is 4.74 Å². The quantitative estimate of drug-likeness (QED) is 0.811. The zero-order valence-corrected chi connectivity index (χ0v) is 14.6. The van der Waals surface area contributed by atoms with E-state index in [-0.39, 0.29) is 11.9 Å². The number of carbonyl (C=O) groups is 1. The average Bonchev–Trinajstić information content (AvgIpc) is 3.01. The van der Waals surface area contributed by atoms with Crippen LogP contribution in [0.2, 0.25) is 0 Å². The topological polar surface area (TPSA) is 41.9 Å². The predicted molar refractivity (Wildman–Crippen MR) is 93.6 cm³/mol. The number of benzene rings is 2. The van der Waals surface area contributed by atoms with Gasteiger partial charge in [-0.05, 0) is 23.8 Å². The molecule has 0 radical (unpaired) electrons. The first-order chi connectivity index (χ1) is 11.1. The Bertz CT molecular complexity index is 756. The molecule has 1 heterocycles. The maximum Gasteiger partial charge on any atom is 0.240 e. The second-order valence-corrected chi connectivity index (χ2v) is 6.29. The van der Waals surface area contributed by atoms with E-state index in [0.29, 0.717) is 6.42 Å². The summed E-state index contributed by atoms with van der Waals surface area (Å²) in [5, 5.41) is 6.10. The van der Waals surface area contributed by atoms with Crippen molar-refractivity contribution in [3.05, 3.63) is 64.1 Å². The second kappa shape index (κ2) is 6.54. The van der Waals surface area contributed by atoms with Gasteiger partial charge in [0, 0.05) is 23.4 Å². The summed E-state index contributed by atoms with van der Waals surface area (Å²) < 4.78 is 6.47. The number of amides is 1. The molecule has 1 amide bonds. The minimum absolute atomic E-state index is 0.0759. The first kappa shape index (κ1) is 15.7. The van der Waals surface area contributed by atoms with Crippen LogP contribution < -0.4 is 4.74 Å². The minimum Gasteiger partial charge on any atom is -0.496 e. The van der Waals surface area contributed by atoms with Gasteiger partial charge in [-0.3, -0.25) is 4.79 Å². The molecule has 0 N–H and O–H groups in total. The maximum absolute atomic E-state index is 12.0. The Balaban J connectivity index is 1.97. The lowest BCUT2D eigenvalue weighted by atomic mass is 9.97. The number of hydrazone groups is 1. The zero-order chi connectivity index (χ0) is 16.4. The van der Waals surface area contributed by atoms with Gasteiger partial charge in [-0.25, -0.2) is 5.01 Å². The van der Waals surface area contributed by atoms with Gasteiger partial charge in [0.2, 0.25) is 5.91 Å². The number of carbonyl (C=O) groups excluding carboxylic acids is 1. The number of rotatable bonds is 3. The minimum atomic E-state index is -0.137. The van der Waals surface area contributed by atoms with E-state index in [1.807, 2.05) is 48.5 Å². The number of halogens is 1. The highest BCUT2D eigenvalue weighted by molar-refractivity contribution is 9.10. The van der Waals surface area contributed by atoms with Crippen LogP contribution in [0.25, 0.3) is 0 Å². The second-order valence-electron chi connectivity index (χ2n) is 5.38. The molecule has 2 aromatic rings. The van der Waals surface area contributed by atoms with Crippen molar-refractivity contribution in [3.8, 4) is 5.75 Å². The third-order valence-electron chi connectivity index (χ3n) is 3.91. The molecule has 1 aliphatic rings. The van der Waals surface area contributed by atoms with Crippen LogP contribution in [0.5, 0.6) is 5.75 Å². The van der Waals surface area contributed by atoms with E-state index in [1.54, 1.807) is 12.1 Å². The van der Waals surface area contributed by atoms with E-state index in [2.05, 4.69) is 21.0 Å². The Hall–Kier alpha value is -2.14. The zero-order valence-electron chi connectivity index (χ0n) is 13.0. The summed E-state index contributed by atoms with van der Waals surface area (Å²) in [6, 6.07) is 15.6. The normalized spacial score (nSPS) is 17.1. The number of hydrogen-bond donors (Lipinski definition) is 0. The first-order valence-electron chi connectivity index (χ1n) is 7.36. The molecule has 4 nitrogen and oxygen atoms in total. The molecule has 0 unspecified atom stereocenters. The largest absolute Gasteiger partial charge is 0.496 e. The SMILES string of the molecule is COc1ccccc1[C@@H]1CC(c2ccc(Br)cc2)=NN1C(C)=O. The molecule has 0 aliphatic carbocycles. The van der Waals surface area contributed by atoms with Crippen molar-refractivity contribution in [3.63, 3.8) is 0 Å². The van der Waals surface area contributed by atoms with Crippen molar-refractivity contribution in [2.75, 3.05) is 7.11 Å². The third kappa shape index (κ3) is 3.15. The monoisotopic (exact) mass is 372 g/mol. The summed E-state index contributed by atoms with van der Waals surface area (Å²) in [5.74, 6) is 0.698. The van der Waals surface area contributed by atoms with Crippen molar-refractivity contribution in [2.24, 2.45) is 5.10 Å². The first-order valence-corrected chi connectivity index (χ1v) is 8.15. The van der Waals surface area contributed by atoms with Gasteiger partial charge >= 0.3 is 0 Å². The number of para-hydroxylation sites is 1. The Morgan fingerprint density at radius 2 is 1.91 bits per heavy atom. The molecule has 0 fully saturated rings. The number of hydrogen-bond acceptors (Lipinski definition) is 3. The molecule has 0 saturated carbocycles. The molecule has 0 aromatic heterocycles. The van der Waals surface area contributed by atoms with Crippen LogP contribution in [0, 0.1) is 0 Å². The number of methoxy groups -OCH3 is 1. The van der Waals surface area contributed by atoms with E-state index in [1.165, 1.54) is 6.92 Å². The van der Waals surface area contributed by atoms with Crippen molar-refractivity contribution in [1.29, 1.82) is 0 Å². The smallest absolute Gasteiger partial charge is 0.240 e. The molecule has 0 bridgehead atoms. The van der Waals surface area contributed by atoms with Gasteiger partial charge in [0.25, 0.3) is 0 Å². The van der Waals surface area contributed by atoms with E-state index < -0.39 is 0 Å². The maximum atomic E-state index is 12.0. The molecule has 3 rings (SSSR count). The fourth-order valence-corrected chi connectivity index (χ4v) is 3.07. The van der Waals surface area contributed by atoms with Crippen LogP contribution in [-0.4, -0.2) is 23.7 Å². The summed E-state index contributed by atoms with van der Waals surface area (Å²) >= 11 is 3.44. The highest BCUT2D eigenvalue weighted by atomic mass is 79.9. The van der Waals surface area contributed by atoms with Crippen molar-refractivity contribution in [1.82, 2.24) is 5.01 Å². The van der Waals surface area contributed by atoms with E-state index in [4.69, 9.17) is 4.74 Å². The molecule has 0 saturated heterocycles. The van der Waals surface area contributed by atoms with Crippen LogP contribution in [0.1, 0.15) is 30.5 Å². The van der Waals surface area contributed by atoms with Gasteiger partial charge in [-0.15, -0.1) is 0 Å². The summed E-state index contributed by atoms with van der Waals surface area (Å²) in [6.07, 6.45) is 0.668. The molecule has 2 aromatic carbocycles. The number of ether oxygens (including phenoxy) is 1. The molecule has 118 valence electrons. The predicted octanol–water partition coefficient (Wildman–Crippen LogP) is 4.16. The van der Waals surface area contributed by atoms with Crippen LogP contribution in [0.3, 0.4) is 0 Å². The third-order valence-corrected chi connectivity index (χ3v) is 4.44. The van der Waals surface area contributed by atoms with Gasteiger partial charge in [0.15, 0.2) is 0 Å². The lowest BCUT2D eigenvalue weighted by molar-refractivity contribution is -0.130. The standard InChI is InChI=1S/C18H17BrN2O2/c1-12(22)21-17(15-5-3-4-6-18(15)23-2)11-16(20-21)13-7-9-14(19)10-8-13/h3-10,17H,11H2,1-2H3/t17-/m0/s1. The van der Waals surface area contributed by atoms with Crippen molar-refractivity contribution >= 4 is 27.5 Å². The molecule has 0 spiro atoms. The Kier molecular flexibility index (Phi) is 4.48. The molecule has 5 heteroatoms.